The average molecular weight is 924 g/mol. The van der Waals surface area contributed by atoms with Crippen molar-refractivity contribution >= 4 is 11.8 Å². The zero-order valence-electron chi connectivity index (χ0n) is 44.8. The molecule has 1 rings (SSSR count). The van der Waals surface area contributed by atoms with Crippen LogP contribution < -0.4 is 15.4 Å². The van der Waals surface area contributed by atoms with Crippen LogP contribution in [0.2, 0.25) is 0 Å². The number of hydrogen-bond donors (Lipinski definition) is 2. The Morgan fingerprint density at radius 3 is 0.894 bits per heavy atom. The number of ether oxygens (including phenoxy) is 1. The normalized spacial score (nSPS) is 11.4. The quantitative estimate of drug-likeness (QED) is 0.0640. The molecule has 0 fully saturated rings. The molecular weight excluding hydrogens is 809 g/mol. The van der Waals surface area contributed by atoms with Crippen LogP contribution in [-0.2, 0) is 0 Å². The van der Waals surface area contributed by atoms with Gasteiger partial charge in [0.1, 0.15) is 5.75 Å². The number of hydrogen-bond acceptors (Lipinski definition) is 3. The first-order chi connectivity index (χ1) is 32.6. The Morgan fingerprint density at radius 1 is 0.333 bits per heavy atom. The van der Waals surface area contributed by atoms with E-state index in [1.807, 2.05) is 0 Å². The van der Waals surface area contributed by atoms with Crippen molar-refractivity contribution in [3.8, 4) is 5.75 Å². The first-order valence-corrected chi connectivity index (χ1v) is 30.0. The SMILES string of the molecule is CCCCCCCCCCCCCCCCCCCNC(=O)c1ccc(C(=O)NCCCCCCCCCCCCCCCCCCC)c(OCCCCCCCCCCCCCCC)c1. The molecule has 0 spiro atoms. The monoisotopic (exact) mass is 923 g/mol. The maximum absolute atomic E-state index is 13.4. The van der Waals surface area contributed by atoms with E-state index in [0.29, 0.717) is 36.6 Å². The van der Waals surface area contributed by atoms with Gasteiger partial charge in [-0.05, 0) is 37.5 Å². The topological polar surface area (TPSA) is 67.4 Å². The molecule has 0 aromatic heterocycles. The summed E-state index contributed by atoms with van der Waals surface area (Å²) >= 11 is 0. The van der Waals surface area contributed by atoms with Gasteiger partial charge in [0.05, 0.1) is 12.2 Å². The van der Waals surface area contributed by atoms with Crippen LogP contribution in [0.25, 0.3) is 0 Å². The van der Waals surface area contributed by atoms with Crippen molar-refractivity contribution in [2.75, 3.05) is 19.7 Å². The summed E-state index contributed by atoms with van der Waals surface area (Å²) in [5, 5.41) is 6.30. The maximum Gasteiger partial charge on any atom is 0.255 e. The summed E-state index contributed by atoms with van der Waals surface area (Å²) < 4.78 is 6.29. The molecule has 0 saturated heterocycles. The zero-order chi connectivity index (χ0) is 47.5. The van der Waals surface area contributed by atoms with Gasteiger partial charge in [-0.15, -0.1) is 0 Å². The molecule has 0 bridgehead atoms. The Bertz CT molecular complexity index is 1170. The molecule has 5 nitrogen and oxygen atoms in total. The van der Waals surface area contributed by atoms with E-state index < -0.39 is 0 Å². The maximum atomic E-state index is 13.4. The Hall–Kier alpha value is -2.04. The van der Waals surface area contributed by atoms with Crippen molar-refractivity contribution < 1.29 is 14.3 Å². The molecule has 1 aromatic carbocycles. The Labute approximate surface area is 412 Å². The lowest BCUT2D eigenvalue weighted by atomic mass is 10.0. The van der Waals surface area contributed by atoms with E-state index >= 15 is 0 Å². The Kier molecular flexibility index (Phi) is 47.7. The van der Waals surface area contributed by atoms with Gasteiger partial charge in [-0.2, -0.15) is 0 Å². The van der Waals surface area contributed by atoms with E-state index in [1.165, 1.54) is 263 Å². The second-order valence-electron chi connectivity index (χ2n) is 20.6. The highest BCUT2D eigenvalue weighted by Crippen LogP contribution is 2.23. The van der Waals surface area contributed by atoms with Crippen molar-refractivity contribution in [1.29, 1.82) is 0 Å². The average Bonchev–Trinajstić information content (AvgIpc) is 3.33. The summed E-state index contributed by atoms with van der Waals surface area (Å²) in [6, 6.07) is 5.40. The van der Waals surface area contributed by atoms with Crippen LogP contribution in [0, 0.1) is 0 Å². The number of carbonyl (C=O) groups excluding carboxylic acids is 2. The second kappa shape index (κ2) is 50.8. The highest BCUT2D eigenvalue weighted by molar-refractivity contribution is 6.00. The molecule has 386 valence electrons. The number of amides is 2. The van der Waals surface area contributed by atoms with Gasteiger partial charge >= 0.3 is 0 Å². The molecule has 0 aliphatic heterocycles. The minimum absolute atomic E-state index is 0.0761. The largest absolute Gasteiger partial charge is 0.493 e. The summed E-state index contributed by atoms with van der Waals surface area (Å²) in [5.41, 5.74) is 1.12. The molecule has 0 unspecified atom stereocenters. The molecule has 1 aromatic rings. The lowest BCUT2D eigenvalue weighted by Crippen LogP contribution is -2.26. The third-order valence-corrected chi connectivity index (χ3v) is 14.1. The molecule has 0 heterocycles. The second-order valence-corrected chi connectivity index (χ2v) is 20.6. The summed E-state index contributed by atoms with van der Waals surface area (Å²) in [6.07, 6.45) is 62.9. The van der Waals surface area contributed by atoms with Gasteiger partial charge in [0, 0.05) is 18.7 Å². The van der Waals surface area contributed by atoms with Crippen LogP contribution >= 0.6 is 0 Å². The van der Waals surface area contributed by atoms with Crippen LogP contribution in [0.3, 0.4) is 0 Å². The van der Waals surface area contributed by atoms with E-state index in [-0.39, 0.29) is 11.8 Å². The minimum atomic E-state index is -0.0951. The molecule has 0 radical (unpaired) electrons. The van der Waals surface area contributed by atoms with Crippen molar-refractivity contribution in [2.45, 2.75) is 323 Å². The summed E-state index contributed by atoms with van der Waals surface area (Å²) in [6.45, 7) is 8.81. The number of benzene rings is 1. The van der Waals surface area contributed by atoms with Crippen LogP contribution in [0.1, 0.15) is 343 Å². The standard InChI is InChI=1S/C61H114N2O3/c1-4-7-10-13-16-19-22-25-27-29-31-33-36-39-42-45-48-53-62-60(64)57-51-52-58(59(56-57)66-55-50-47-44-41-38-35-24-21-18-15-12-9-6-3)61(65)63-54-49-46-43-40-37-34-32-30-28-26-23-20-17-14-11-8-5-2/h51-52,56H,4-50,53-55H2,1-3H3,(H,62,64)(H,63,65). The lowest BCUT2D eigenvalue weighted by molar-refractivity contribution is 0.0937. The van der Waals surface area contributed by atoms with E-state index in [9.17, 15) is 9.59 Å². The smallest absolute Gasteiger partial charge is 0.255 e. The molecule has 5 heteroatoms. The molecule has 0 aliphatic carbocycles. The van der Waals surface area contributed by atoms with Crippen molar-refractivity contribution in [1.82, 2.24) is 10.6 Å². The summed E-state index contributed by atoms with van der Waals surface area (Å²) in [7, 11) is 0. The third kappa shape index (κ3) is 41.0. The summed E-state index contributed by atoms with van der Waals surface area (Å²) in [4.78, 5) is 26.7. The van der Waals surface area contributed by atoms with Gasteiger partial charge in [0.15, 0.2) is 0 Å². The first-order valence-electron chi connectivity index (χ1n) is 30.0. The fourth-order valence-corrected chi connectivity index (χ4v) is 9.57. The zero-order valence-corrected chi connectivity index (χ0v) is 44.8. The molecule has 0 aliphatic rings. The van der Waals surface area contributed by atoms with E-state index in [4.69, 9.17) is 4.74 Å². The van der Waals surface area contributed by atoms with Crippen LogP contribution in [0.4, 0.5) is 0 Å². The van der Waals surface area contributed by atoms with Gasteiger partial charge < -0.3 is 15.4 Å². The fourth-order valence-electron chi connectivity index (χ4n) is 9.57. The molecule has 2 N–H and O–H groups in total. The van der Waals surface area contributed by atoms with E-state index in [0.717, 1.165) is 38.5 Å². The van der Waals surface area contributed by atoms with Crippen LogP contribution in [0.5, 0.6) is 5.75 Å². The molecule has 2 amide bonds. The van der Waals surface area contributed by atoms with Gasteiger partial charge in [0.25, 0.3) is 11.8 Å². The number of carbonyl (C=O) groups is 2. The van der Waals surface area contributed by atoms with E-state index in [1.54, 1.807) is 18.2 Å². The highest BCUT2D eigenvalue weighted by Gasteiger charge is 2.16. The van der Waals surface area contributed by atoms with Gasteiger partial charge in [-0.1, -0.05) is 303 Å². The fraction of sp³-hybridized carbons (Fsp3) is 0.869. The predicted molar refractivity (Wildman–Crippen MR) is 291 cm³/mol. The Morgan fingerprint density at radius 2 is 0.591 bits per heavy atom. The molecule has 66 heavy (non-hydrogen) atoms. The van der Waals surface area contributed by atoms with Crippen molar-refractivity contribution in [2.24, 2.45) is 0 Å². The molecule has 0 saturated carbocycles. The minimum Gasteiger partial charge on any atom is -0.493 e. The number of nitrogens with one attached hydrogen (secondary N) is 2. The molecule has 0 atom stereocenters. The van der Waals surface area contributed by atoms with Crippen LogP contribution in [0.15, 0.2) is 18.2 Å². The number of rotatable bonds is 53. The van der Waals surface area contributed by atoms with Gasteiger partial charge in [-0.25, -0.2) is 0 Å². The van der Waals surface area contributed by atoms with Crippen LogP contribution in [-0.4, -0.2) is 31.5 Å². The van der Waals surface area contributed by atoms with Gasteiger partial charge in [-0.3, -0.25) is 9.59 Å². The van der Waals surface area contributed by atoms with Gasteiger partial charge in [0.2, 0.25) is 0 Å². The van der Waals surface area contributed by atoms with Crippen molar-refractivity contribution in [3.63, 3.8) is 0 Å². The lowest BCUT2D eigenvalue weighted by Gasteiger charge is -2.14. The summed E-state index contributed by atoms with van der Waals surface area (Å²) in [5.74, 6) is 0.370. The predicted octanol–water partition coefficient (Wildman–Crippen LogP) is 19.9. The third-order valence-electron chi connectivity index (χ3n) is 14.1. The first kappa shape index (κ1) is 62.0. The van der Waals surface area contributed by atoms with E-state index in [2.05, 4.69) is 31.4 Å². The molecular formula is C61H114N2O3. The van der Waals surface area contributed by atoms with Crippen molar-refractivity contribution in [3.05, 3.63) is 29.3 Å². The Balaban J connectivity index is 2.35. The highest BCUT2D eigenvalue weighted by atomic mass is 16.5. The number of unbranched alkanes of at least 4 members (excludes halogenated alkanes) is 44.